The Bertz CT molecular complexity index is 333. The molecule has 1 saturated carbocycles. The number of ether oxygens (including phenoxy) is 1. The molecule has 1 saturated heterocycles. The summed E-state index contributed by atoms with van der Waals surface area (Å²) < 4.78 is 6.00. The Morgan fingerprint density at radius 3 is 2.48 bits per heavy atom. The smallest absolute Gasteiger partial charge is 0.191 e. The van der Waals surface area contributed by atoms with E-state index in [4.69, 9.17) is 4.74 Å². The zero-order valence-corrected chi connectivity index (χ0v) is 17.2. The third-order valence-corrected chi connectivity index (χ3v) is 4.82. The lowest BCUT2D eigenvalue weighted by Crippen LogP contribution is -2.41. The van der Waals surface area contributed by atoms with Gasteiger partial charge in [0.1, 0.15) is 0 Å². The summed E-state index contributed by atoms with van der Waals surface area (Å²) in [5.41, 5.74) is 0. The second-order valence-corrected chi connectivity index (χ2v) is 6.78. The molecule has 6 heteroatoms. The van der Waals surface area contributed by atoms with Gasteiger partial charge < -0.3 is 20.3 Å². The fourth-order valence-corrected chi connectivity index (χ4v) is 3.46. The number of aliphatic imine (C=N–C) groups is 1. The largest absolute Gasteiger partial charge is 0.376 e. The van der Waals surface area contributed by atoms with Crippen LogP contribution in [-0.2, 0) is 4.74 Å². The molecule has 2 aliphatic rings. The highest BCUT2D eigenvalue weighted by molar-refractivity contribution is 14.0. The number of guanidine groups is 1. The number of halogens is 1. The van der Waals surface area contributed by atoms with E-state index in [0.717, 1.165) is 31.6 Å². The maximum atomic E-state index is 6.00. The van der Waals surface area contributed by atoms with Gasteiger partial charge in [0.2, 0.25) is 0 Å². The van der Waals surface area contributed by atoms with Crippen molar-refractivity contribution in [3.05, 3.63) is 0 Å². The summed E-state index contributed by atoms with van der Waals surface area (Å²) >= 11 is 0. The highest BCUT2D eigenvalue weighted by atomic mass is 127. The third kappa shape index (κ3) is 8.54. The summed E-state index contributed by atoms with van der Waals surface area (Å²) in [6, 6.07) is 0. The van der Waals surface area contributed by atoms with Gasteiger partial charge in [0.15, 0.2) is 5.96 Å². The molecule has 136 valence electrons. The molecule has 0 spiro atoms. The molecule has 1 unspecified atom stereocenters. The number of nitrogens with one attached hydrogen (secondary N) is 2. The molecule has 0 aromatic heterocycles. The lowest BCUT2D eigenvalue weighted by Gasteiger charge is -2.18. The number of rotatable bonds is 6. The fourth-order valence-electron chi connectivity index (χ4n) is 3.46. The molecule has 1 aliphatic heterocycles. The average Bonchev–Trinajstić information content (AvgIpc) is 2.78. The van der Waals surface area contributed by atoms with Gasteiger partial charge in [-0.25, -0.2) is 0 Å². The molecule has 2 N–H and O–H groups in total. The first-order valence-corrected chi connectivity index (χ1v) is 9.02. The van der Waals surface area contributed by atoms with Crippen LogP contribution in [0.2, 0.25) is 0 Å². The molecule has 0 aromatic carbocycles. The Morgan fingerprint density at radius 1 is 1.13 bits per heavy atom. The van der Waals surface area contributed by atoms with Crippen molar-refractivity contribution in [1.82, 2.24) is 15.5 Å². The van der Waals surface area contributed by atoms with Gasteiger partial charge in [-0.05, 0) is 38.8 Å². The predicted octanol–water partition coefficient (Wildman–Crippen LogP) is 2.46. The van der Waals surface area contributed by atoms with Gasteiger partial charge in [0.25, 0.3) is 0 Å². The minimum atomic E-state index is 0. The van der Waals surface area contributed by atoms with Gasteiger partial charge in [-0.2, -0.15) is 0 Å². The van der Waals surface area contributed by atoms with Crippen LogP contribution in [0.5, 0.6) is 0 Å². The highest BCUT2D eigenvalue weighted by Crippen LogP contribution is 2.19. The predicted molar refractivity (Wildman–Crippen MR) is 108 cm³/mol. The highest BCUT2D eigenvalue weighted by Gasteiger charge is 2.19. The monoisotopic (exact) mass is 438 g/mol. The first kappa shape index (κ1) is 21.0. The molecule has 0 radical (unpaired) electrons. The van der Waals surface area contributed by atoms with E-state index in [1.165, 1.54) is 58.0 Å². The van der Waals surface area contributed by atoms with Crippen LogP contribution >= 0.6 is 24.0 Å². The van der Waals surface area contributed by atoms with Crippen LogP contribution in [-0.4, -0.2) is 63.8 Å². The van der Waals surface area contributed by atoms with Gasteiger partial charge in [0.05, 0.1) is 12.7 Å². The van der Waals surface area contributed by atoms with Crippen LogP contribution in [0, 0.1) is 5.92 Å². The topological polar surface area (TPSA) is 48.9 Å². The minimum Gasteiger partial charge on any atom is -0.376 e. The summed E-state index contributed by atoms with van der Waals surface area (Å²) in [6.45, 7) is 5.02. The molecule has 0 aromatic rings. The van der Waals surface area contributed by atoms with Crippen molar-refractivity contribution in [3.63, 3.8) is 0 Å². The molecule has 1 atom stereocenters. The molecule has 23 heavy (non-hydrogen) atoms. The lowest BCUT2D eigenvalue weighted by molar-refractivity contribution is 0.0468. The van der Waals surface area contributed by atoms with Gasteiger partial charge in [-0.1, -0.05) is 25.7 Å². The van der Waals surface area contributed by atoms with Gasteiger partial charge >= 0.3 is 0 Å². The zero-order valence-electron chi connectivity index (χ0n) is 14.9. The van der Waals surface area contributed by atoms with Crippen molar-refractivity contribution in [2.24, 2.45) is 10.9 Å². The van der Waals surface area contributed by atoms with E-state index >= 15 is 0 Å². The minimum absolute atomic E-state index is 0. The quantitative estimate of drug-likeness (QED) is 0.220. The van der Waals surface area contributed by atoms with Crippen LogP contribution in [0.25, 0.3) is 0 Å². The second kappa shape index (κ2) is 12.3. The Labute approximate surface area is 159 Å². The van der Waals surface area contributed by atoms with Crippen molar-refractivity contribution in [3.8, 4) is 0 Å². The standard InChI is InChI=1S/C17H34N4O.HI/c1-18-17(20-13-15-9-11-21(2)14-15)19-10-12-22-16-7-5-3-4-6-8-16;/h15-16H,3-14H2,1-2H3,(H2,18,19,20);1H. The molecule has 1 aliphatic carbocycles. The normalized spacial score (nSPS) is 24.1. The summed E-state index contributed by atoms with van der Waals surface area (Å²) in [4.78, 5) is 6.68. The molecule has 2 rings (SSSR count). The van der Waals surface area contributed by atoms with E-state index in [2.05, 4.69) is 27.6 Å². The van der Waals surface area contributed by atoms with E-state index in [1.807, 2.05) is 7.05 Å². The Balaban J connectivity index is 0.00000264. The number of hydrogen-bond acceptors (Lipinski definition) is 3. The molecular weight excluding hydrogens is 403 g/mol. The SMILES string of the molecule is CN=C(NCCOC1CCCCCC1)NCC1CCN(C)C1.I. The van der Waals surface area contributed by atoms with E-state index < -0.39 is 0 Å². The first-order chi connectivity index (χ1) is 10.8. The summed E-state index contributed by atoms with van der Waals surface area (Å²) in [5.74, 6) is 1.64. The fraction of sp³-hybridized carbons (Fsp3) is 0.941. The van der Waals surface area contributed by atoms with Gasteiger partial charge in [0, 0.05) is 26.7 Å². The lowest BCUT2D eigenvalue weighted by atomic mass is 10.1. The summed E-state index contributed by atoms with van der Waals surface area (Å²) in [5, 5.41) is 6.80. The average molecular weight is 438 g/mol. The van der Waals surface area contributed by atoms with Crippen molar-refractivity contribution >= 4 is 29.9 Å². The number of nitrogens with zero attached hydrogens (tertiary/aromatic N) is 2. The second-order valence-electron chi connectivity index (χ2n) is 6.78. The first-order valence-electron chi connectivity index (χ1n) is 9.02. The molecule has 2 fully saturated rings. The molecule has 0 bridgehead atoms. The van der Waals surface area contributed by atoms with E-state index in [-0.39, 0.29) is 24.0 Å². The van der Waals surface area contributed by atoms with Gasteiger partial charge in [-0.3, -0.25) is 4.99 Å². The molecule has 5 nitrogen and oxygen atoms in total. The van der Waals surface area contributed by atoms with Crippen LogP contribution in [0.3, 0.4) is 0 Å². The number of likely N-dealkylation sites (tertiary alicyclic amines) is 1. The molecular formula is C17H35IN4O. The number of hydrogen-bond donors (Lipinski definition) is 2. The van der Waals surface area contributed by atoms with Crippen LogP contribution in [0.1, 0.15) is 44.9 Å². The van der Waals surface area contributed by atoms with Crippen LogP contribution in [0.15, 0.2) is 4.99 Å². The molecule has 1 heterocycles. The molecule has 0 amide bonds. The Kier molecular flexibility index (Phi) is 11.2. The van der Waals surface area contributed by atoms with Crippen molar-refractivity contribution in [1.29, 1.82) is 0 Å². The maximum Gasteiger partial charge on any atom is 0.191 e. The van der Waals surface area contributed by atoms with Crippen molar-refractivity contribution < 1.29 is 4.74 Å². The van der Waals surface area contributed by atoms with Crippen LogP contribution in [0.4, 0.5) is 0 Å². The summed E-state index contributed by atoms with van der Waals surface area (Å²) in [6.07, 6.45) is 9.66. The third-order valence-electron chi connectivity index (χ3n) is 4.82. The van der Waals surface area contributed by atoms with Crippen LogP contribution < -0.4 is 10.6 Å². The van der Waals surface area contributed by atoms with E-state index in [0.29, 0.717) is 6.10 Å². The summed E-state index contributed by atoms with van der Waals surface area (Å²) in [7, 11) is 4.03. The van der Waals surface area contributed by atoms with Crippen molar-refractivity contribution in [2.45, 2.75) is 51.0 Å². The van der Waals surface area contributed by atoms with E-state index in [1.54, 1.807) is 0 Å². The van der Waals surface area contributed by atoms with Crippen molar-refractivity contribution in [2.75, 3.05) is 46.9 Å². The maximum absolute atomic E-state index is 6.00. The van der Waals surface area contributed by atoms with Gasteiger partial charge in [-0.15, -0.1) is 24.0 Å². The Hall–Kier alpha value is -0.0800. The zero-order chi connectivity index (χ0) is 15.6. The van der Waals surface area contributed by atoms with E-state index in [9.17, 15) is 0 Å². The Morgan fingerprint density at radius 2 is 1.87 bits per heavy atom.